The van der Waals surface area contributed by atoms with Crippen molar-refractivity contribution in [2.45, 2.75) is 44.8 Å². The Morgan fingerprint density at radius 1 is 0.966 bits per heavy atom. The Balaban J connectivity index is 1.94. The van der Waals surface area contributed by atoms with E-state index < -0.39 is 12.1 Å². The Bertz CT molecular complexity index is 837. The van der Waals surface area contributed by atoms with Crippen LogP contribution in [0.4, 0.5) is 4.79 Å². The van der Waals surface area contributed by atoms with Crippen molar-refractivity contribution in [2.75, 3.05) is 0 Å². The molecule has 150 valence electrons. The molecule has 0 saturated carbocycles. The Hall–Kier alpha value is -3.39. The topological polar surface area (TPSA) is 72.5 Å². The van der Waals surface area contributed by atoms with Crippen LogP contribution < -0.4 is 5.32 Å². The minimum atomic E-state index is -0.789. The lowest BCUT2D eigenvalue weighted by molar-refractivity contribution is -0.115. The zero-order valence-electron chi connectivity index (χ0n) is 16.3. The van der Waals surface area contributed by atoms with Crippen molar-refractivity contribution in [3.8, 4) is 11.8 Å². The van der Waals surface area contributed by atoms with Crippen molar-refractivity contribution in [3.63, 3.8) is 0 Å². The molecule has 1 N–H and O–H groups in total. The number of carbonyl (C=O) groups is 3. The fourth-order valence-electron chi connectivity index (χ4n) is 2.64. The molecule has 5 heteroatoms. The molecule has 0 heterocycles. The molecule has 0 aliphatic rings. The summed E-state index contributed by atoms with van der Waals surface area (Å²) in [4.78, 5) is 35.1. The maximum Gasteiger partial charge on any atom is 0.408 e. The lowest BCUT2D eigenvalue weighted by atomic mass is 10.0. The third-order valence-electron chi connectivity index (χ3n) is 4.19. The predicted octanol–water partition coefficient (Wildman–Crippen LogP) is 3.86. The fraction of sp³-hybridized carbons (Fsp3) is 0.292. The molecule has 0 saturated heterocycles. The predicted molar refractivity (Wildman–Crippen MR) is 111 cm³/mol. The number of carbonyl (C=O) groups excluding carboxylic acids is 3. The second-order valence-electron chi connectivity index (χ2n) is 6.53. The number of rotatable bonds is 10. The number of ether oxygens (including phenoxy) is 1. The lowest BCUT2D eigenvalue weighted by Crippen LogP contribution is -2.42. The maximum atomic E-state index is 12.5. The van der Waals surface area contributed by atoms with E-state index in [2.05, 4.69) is 17.2 Å². The molecule has 5 nitrogen and oxygen atoms in total. The van der Waals surface area contributed by atoms with E-state index in [-0.39, 0.29) is 12.4 Å². The summed E-state index contributed by atoms with van der Waals surface area (Å²) in [6.45, 7) is 0.126. The summed E-state index contributed by atoms with van der Waals surface area (Å²) in [6.07, 6.45) is 3.10. The molecular weight excluding hydrogens is 366 g/mol. The van der Waals surface area contributed by atoms with E-state index in [1.165, 1.54) is 0 Å². The van der Waals surface area contributed by atoms with Gasteiger partial charge in [0.15, 0.2) is 0 Å². The summed E-state index contributed by atoms with van der Waals surface area (Å²) < 4.78 is 5.23. The van der Waals surface area contributed by atoms with Crippen molar-refractivity contribution in [2.24, 2.45) is 0 Å². The number of alkyl carbamates (subject to hydrolysis) is 1. The van der Waals surface area contributed by atoms with Gasteiger partial charge in [-0.2, -0.15) is 0 Å². The van der Waals surface area contributed by atoms with Gasteiger partial charge in [0.05, 0.1) is 0 Å². The highest BCUT2D eigenvalue weighted by Crippen LogP contribution is 2.06. The van der Waals surface area contributed by atoms with Crippen molar-refractivity contribution in [1.29, 1.82) is 0 Å². The molecule has 2 aromatic rings. The molecule has 0 aliphatic heterocycles. The van der Waals surface area contributed by atoms with Gasteiger partial charge in [0.1, 0.15) is 18.9 Å². The van der Waals surface area contributed by atoms with Crippen LogP contribution in [0.3, 0.4) is 0 Å². The molecule has 0 aliphatic carbocycles. The van der Waals surface area contributed by atoms with Gasteiger partial charge in [-0.05, 0) is 29.9 Å². The number of hydrogen-bond donors (Lipinski definition) is 1. The number of unbranched alkanes of at least 4 members (excludes halogenated alkanes) is 3. The largest absolute Gasteiger partial charge is 0.445 e. The Kier molecular flexibility index (Phi) is 9.74. The standard InChI is InChI=1S/C24H25NO4/c26-17-11-3-1-2-10-16-23(27)22(18-20-12-6-4-7-13-20)25-24(28)29-19-21-14-8-5-9-15-21/h4-9,12-15,17,22H,1-3,11,18-19H2,(H,25,28)/t22-/m0/s1. The van der Waals surface area contributed by atoms with Crippen molar-refractivity contribution >= 4 is 18.2 Å². The Morgan fingerprint density at radius 2 is 1.62 bits per heavy atom. The van der Waals surface area contributed by atoms with Crippen LogP contribution in [0.2, 0.25) is 0 Å². The van der Waals surface area contributed by atoms with E-state index in [4.69, 9.17) is 4.74 Å². The van der Waals surface area contributed by atoms with E-state index in [1.807, 2.05) is 60.7 Å². The van der Waals surface area contributed by atoms with Gasteiger partial charge in [0, 0.05) is 19.3 Å². The molecule has 2 rings (SSSR count). The van der Waals surface area contributed by atoms with Gasteiger partial charge < -0.3 is 14.8 Å². The molecule has 0 spiro atoms. The number of aldehydes is 1. The van der Waals surface area contributed by atoms with Crippen LogP contribution >= 0.6 is 0 Å². The summed E-state index contributed by atoms with van der Waals surface area (Å²) in [7, 11) is 0. The molecule has 1 amide bonds. The van der Waals surface area contributed by atoms with Crippen LogP contribution in [0.1, 0.15) is 36.8 Å². The highest BCUT2D eigenvalue weighted by Gasteiger charge is 2.20. The van der Waals surface area contributed by atoms with Crippen LogP contribution in [-0.2, 0) is 27.4 Å². The monoisotopic (exact) mass is 391 g/mol. The summed E-state index contributed by atoms with van der Waals surface area (Å²) in [5, 5.41) is 2.64. The quantitative estimate of drug-likeness (QED) is 0.289. The van der Waals surface area contributed by atoms with Gasteiger partial charge in [-0.3, -0.25) is 4.79 Å². The first-order chi connectivity index (χ1) is 14.2. The van der Waals surface area contributed by atoms with Crippen molar-refractivity contribution < 1.29 is 19.1 Å². The fourth-order valence-corrected chi connectivity index (χ4v) is 2.64. The van der Waals surface area contributed by atoms with Gasteiger partial charge in [0.2, 0.25) is 5.78 Å². The average Bonchev–Trinajstić information content (AvgIpc) is 2.75. The third kappa shape index (κ3) is 8.89. The molecule has 2 aromatic carbocycles. The van der Waals surface area contributed by atoms with Crippen molar-refractivity contribution in [1.82, 2.24) is 5.32 Å². The molecule has 0 fully saturated rings. The first-order valence-corrected chi connectivity index (χ1v) is 9.66. The number of ketones is 1. The SMILES string of the molecule is O=CCCCCC#CC(=O)[C@H](Cc1ccccc1)NC(=O)OCc1ccccc1. The summed E-state index contributed by atoms with van der Waals surface area (Å²) >= 11 is 0. The van der Waals surface area contributed by atoms with Crippen LogP contribution in [0.5, 0.6) is 0 Å². The molecule has 29 heavy (non-hydrogen) atoms. The zero-order chi connectivity index (χ0) is 20.7. The second-order valence-corrected chi connectivity index (χ2v) is 6.53. The van der Waals surface area contributed by atoms with E-state index in [9.17, 15) is 14.4 Å². The molecule has 0 bridgehead atoms. The number of hydrogen-bond acceptors (Lipinski definition) is 4. The summed E-state index contributed by atoms with van der Waals surface area (Å²) in [6, 6.07) is 18.0. The molecule has 0 aromatic heterocycles. The van der Waals surface area contributed by atoms with E-state index in [1.54, 1.807) is 0 Å². The van der Waals surface area contributed by atoms with Crippen LogP contribution in [-0.4, -0.2) is 24.2 Å². The smallest absolute Gasteiger partial charge is 0.408 e. The average molecular weight is 391 g/mol. The Labute approximate surface area is 171 Å². The second kappa shape index (κ2) is 12.9. The number of Topliss-reactive ketones (excluding diaryl/α,β-unsaturated/α-hetero) is 1. The van der Waals surface area contributed by atoms with E-state index >= 15 is 0 Å². The highest BCUT2D eigenvalue weighted by molar-refractivity contribution is 6.01. The van der Waals surface area contributed by atoms with E-state index in [0.717, 1.165) is 30.3 Å². The first-order valence-electron chi connectivity index (χ1n) is 9.66. The minimum Gasteiger partial charge on any atom is -0.445 e. The van der Waals surface area contributed by atoms with Gasteiger partial charge in [-0.15, -0.1) is 0 Å². The molecule has 0 unspecified atom stereocenters. The van der Waals surface area contributed by atoms with Gasteiger partial charge >= 0.3 is 6.09 Å². The first kappa shape index (κ1) is 21.9. The third-order valence-corrected chi connectivity index (χ3v) is 4.19. The number of nitrogens with one attached hydrogen (secondary N) is 1. The van der Waals surface area contributed by atoms with Crippen LogP contribution in [0, 0.1) is 11.8 Å². The summed E-state index contributed by atoms with van der Waals surface area (Å²) in [5.41, 5.74) is 1.78. The maximum absolute atomic E-state index is 12.5. The van der Waals surface area contributed by atoms with Gasteiger partial charge in [-0.1, -0.05) is 66.6 Å². The summed E-state index contributed by atoms with van der Waals surface area (Å²) in [5.74, 6) is 5.09. The van der Waals surface area contributed by atoms with Crippen LogP contribution in [0.15, 0.2) is 60.7 Å². The minimum absolute atomic E-state index is 0.126. The highest BCUT2D eigenvalue weighted by atomic mass is 16.5. The molecular formula is C24H25NO4. The normalized spacial score (nSPS) is 10.9. The molecule has 1 atom stereocenters. The zero-order valence-corrected chi connectivity index (χ0v) is 16.3. The lowest BCUT2D eigenvalue weighted by Gasteiger charge is -2.15. The Morgan fingerprint density at radius 3 is 2.28 bits per heavy atom. The van der Waals surface area contributed by atoms with Gasteiger partial charge in [-0.25, -0.2) is 4.79 Å². The van der Waals surface area contributed by atoms with Crippen molar-refractivity contribution in [3.05, 3.63) is 71.8 Å². The number of benzene rings is 2. The van der Waals surface area contributed by atoms with Crippen LogP contribution in [0.25, 0.3) is 0 Å². The van der Waals surface area contributed by atoms with E-state index in [0.29, 0.717) is 19.3 Å². The van der Waals surface area contributed by atoms with Gasteiger partial charge in [0.25, 0.3) is 0 Å². The number of amides is 1. The molecule has 0 radical (unpaired) electrons.